The van der Waals surface area contributed by atoms with Gasteiger partial charge in [0.15, 0.2) is 0 Å². The Bertz CT molecular complexity index is 1390. The molecule has 2 aliphatic rings. The van der Waals surface area contributed by atoms with Crippen LogP contribution in [0, 0.1) is 0 Å². The van der Waals surface area contributed by atoms with Crippen molar-refractivity contribution in [3.63, 3.8) is 0 Å². The zero-order chi connectivity index (χ0) is 28.8. The molecule has 3 aromatic rings. The molecule has 2 heterocycles. The third-order valence-electron chi connectivity index (χ3n) is 7.98. The molecule has 0 aliphatic carbocycles. The van der Waals surface area contributed by atoms with E-state index >= 15 is 0 Å². The van der Waals surface area contributed by atoms with Crippen LogP contribution in [0.5, 0.6) is 5.75 Å². The Balaban J connectivity index is 1.30. The molecular weight excluding hydrogens is 534 g/mol. The zero-order valence-corrected chi connectivity index (χ0v) is 24.6. The van der Waals surface area contributed by atoms with E-state index in [0.29, 0.717) is 37.7 Å². The van der Waals surface area contributed by atoms with Gasteiger partial charge in [0.25, 0.3) is 5.91 Å². The summed E-state index contributed by atoms with van der Waals surface area (Å²) in [5, 5.41) is 4.31. The molecule has 2 bridgehead atoms. The van der Waals surface area contributed by atoms with Gasteiger partial charge in [-0.1, -0.05) is 72.3 Å². The zero-order valence-electron chi connectivity index (χ0n) is 23.8. The minimum absolute atomic E-state index is 0.0273. The molecule has 0 radical (unpaired) electrons. The van der Waals surface area contributed by atoms with E-state index in [1.807, 2.05) is 59.3 Å². The van der Waals surface area contributed by atoms with Gasteiger partial charge in [-0.25, -0.2) is 0 Å². The number of halogens is 1. The lowest BCUT2D eigenvalue weighted by Gasteiger charge is -2.44. The summed E-state index contributed by atoms with van der Waals surface area (Å²) < 4.78 is 5.84. The number of ether oxygens (including phenoxy) is 1. The summed E-state index contributed by atoms with van der Waals surface area (Å²) in [4.78, 5) is 29.9. The van der Waals surface area contributed by atoms with Gasteiger partial charge < -0.3 is 19.9 Å². The highest BCUT2D eigenvalue weighted by molar-refractivity contribution is 6.30. The Hall–Kier alpha value is -3.61. The number of nitrogens with one attached hydrogen (secondary N) is 1. The molecule has 41 heavy (non-hydrogen) atoms. The lowest BCUT2D eigenvalue weighted by molar-refractivity contribution is -0.132. The molecule has 1 saturated heterocycles. The maximum absolute atomic E-state index is 14.0. The van der Waals surface area contributed by atoms with Crippen molar-refractivity contribution in [2.75, 3.05) is 33.3 Å². The largest absolute Gasteiger partial charge is 0.494 e. The van der Waals surface area contributed by atoms with E-state index in [0.717, 1.165) is 41.7 Å². The van der Waals surface area contributed by atoms with Gasteiger partial charge in [0.05, 0.1) is 12.6 Å². The van der Waals surface area contributed by atoms with Gasteiger partial charge in [0.2, 0.25) is 5.91 Å². The summed E-state index contributed by atoms with van der Waals surface area (Å²) in [6.45, 7) is 4.02. The van der Waals surface area contributed by atoms with Crippen LogP contribution in [0.3, 0.4) is 0 Å². The van der Waals surface area contributed by atoms with E-state index in [1.54, 1.807) is 6.92 Å². The first kappa shape index (κ1) is 28.9. The second-order valence-corrected chi connectivity index (χ2v) is 11.4. The number of piperazine rings is 1. The number of fused-ring (bicyclic) bond motifs is 2. The van der Waals surface area contributed by atoms with E-state index in [-0.39, 0.29) is 23.9 Å². The van der Waals surface area contributed by atoms with Crippen LogP contribution in [0.25, 0.3) is 5.57 Å². The molecule has 2 atom stereocenters. The minimum Gasteiger partial charge on any atom is -0.494 e. The molecule has 214 valence electrons. The van der Waals surface area contributed by atoms with E-state index in [9.17, 15) is 9.59 Å². The predicted octanol–water partition coefficient (Wildman–Crippen LogP) is 5.40. The minimum atomic E-state index is -0.184. The van der Waals surface area contributed by atoms with Crippen LogP contribution in [-0.2, 0) is 22.4 Å². The molecule has 7 heteroatoms. The molecule has 2 aliphatic heterocycles. The molecule has 3 aromatic carbocycles. The summed E-state index contributed by atoms with van der Waals surface area (Å²) in [5.41, 5.74) is 5.39. The van der Waals surface area contributed by atoms with Crippen LogP contribution in [-0.4, -0.2) is 67.0 Å². The summed E-state index contributed by atoms with van der Waals surface area (Å²) in [6, 6.07) is 26.2. The molecule has 5 rings (SSSR count). The third kappa shape index (κ3) is 7.38. The highest BCUT2D eigenvalue weighted by Crippen LogP contribution is 2.34. The van der Waals surface area contributed by atoms with Gasteiger partial charge in [-0.3, -0.25) is 9.59 Å². The molecule has 0 saturated carbocycles. The van der Waals surface area contributed by atoms with Crippen molar-refractivity contribution in [1.29, 1.82) is 0 Å². The van der Waals surface area contributed by atoms with Gasteiger partial charge in [-0.15, -0.1) is 0 Å². The lowest BCUT2D eigenvalue weighted by Crippen LogP contribution is -2.61. The molecule has 1 fully saturated rings. The number of amides is 2. The first-order valence-electron chi connectivity index (χ1n) is 14.4. The smallest absolute Gasteiger partial charge is 0.251 e. The van der Waals surface area contributed by atoms with Crippen molar-refractivity contribution in [3.8, 4) is 5.75 Å². The van der Waals surface area contributed by atoms with Crippen LogP contribution in [0.1, 0.15) is 36.5 Å². The summed E-state index contributed by atoms with van der Waals surface area (Å²) >= 11 is 6.04. The molecule has 6 nitrogen and oxygen atoms in total. The first-order chi connectivity index (χ1) is 19.9. The summed E-state index contributed by atoms with van der Waals surface area (Å²) in [6.07, 6.45) is 3.29. The lowest BCUT2D eigenvalue weighted by atomic mass is 9.82. The molecule has 0 spiro atoms. The fourth-order valence-corrected chi connectivity index (χ4v) is 5.95. The van der Waals surface area contributed by atoms with Crippen LogP contribution in [0.4, 0.5) is 0 Å². The number of carbonyl (C=O) groups is 2. The van der Waals surface area contributed by atoms with E-state index in [4.69, 9.17) is 16.3 Å². The van der Waals surface area contributed by atoms with E-state index in [2.05, 4.69) is 41.7 Å². The SMILES string of the molecule is CC(=O)N1CC2CC(c3ccc(CCCOc4cccc(Cl)c4)cc3)=C(C(=O)N(C)CCc3ccccc3)[C@@H](C1)N2. The summed E-state index contributed by atoms with van der Waals surface area (Å²) in [7, 11) is 1.88. The molecule has 2 amide bonds. The highest BCUT2D eigenvalue weighted by Gasteiger charge is 2.39. The molecule has 1 N–H and O–H groups in total. The number of hydrogen-bond acceptors (Lipinski definition) is 4. The van der Waals surface area contributed by atoms with Crippen LogP contribution in [0.15, 0.2) is 84.4 Å². The average molecular weight is 572 g/mol. The van der Waals surface area contributed by atoms with Crippen molar-refractivity contribution in [1.82, 2.24) is 15.1 Å². The number of aryl methyl sites for hydroxylation is 1. The fourth-order valence-electron chi connectivity index (χ4n) is 5.77. The quantitative estimate of drug-likeness (QED) is 0.331. The van der Waals surface area contributed by atoms with Crippen molar-refractivity contribution in [2.24, 2.45) is 0 Å². The molecule has 0 aromatic heterocycles. The second kappa shape index (κ2) is 13.4. The van der Waals surface area contributed by atoms with Gasteiger partial charge in [0.1, 0.15) is 5.75 Å². The van der Waals surface area contributed by atoms with Crippen molar-refractivity contribution >= 4 is 29.0 Å². The number of nitrogens with zero attached hydrogens (tertiary/aromatic N) is 2. The van der Waals surface area contributed by atoms with Gasteiger partial charge in [0, 0.05) is 50.2 Å². The number of likely N-dealkylation sites (N-methyl/N-ethyl adjacent to an activating group) is 1. The number of hydrogen-bond donors (Lipinski definition) is 1. The normalized spacial score (nSPS) is 18.3. The Morgan fingerprint density at radius 3 is 2.46 bits per heavy atom. The van der Waals surface area contributed by atoms with Gasteiger partial charge >= 0.3 is 0 Å². The number of carbonyl (C=O) groups excluding carboxylic acids is 2. The van der Waals surface area contributed by atoms with E-state index in [1.165, 1.54) is 11.1 Å². The van der Waals surface area contributed by atoms with Gasteiger partial charge in [-0.05, 0) is 66.1 Å². The number of rotatable bonds is 10. The van der Waals surface area contributed by atoms with Crippen LogP contribution < -0.4 is 10.1 Å². The Morgan fingerprint density at radius 1 is 0.976 bits per heavy atom. The monoisotopic (exact) mass is 571 g/mol. The predicted molar refractivity (Wildman–Crippen MR) is 164 cm³/mol. The van der Waals surface area contributed by atoms with Crippen molar-refractivity contribution < 1.29 is 14.3 Å². The highest BCUT2D eigenvalue weighted by atomic mass is 35.5. The third-order valence-corrected chi connectivity index (χ3v) is 8.22. The fraction of sp³-hybridized carbons (Fsp3) is 0.353. The average Bonchev–Trinajstić information content (AvgIpc) is 2.98. The standard InChI is InChI=1S/C34H38ClN3O3/c1-24(39)38-22-29-21-31(27-15-13-26(14-16-27)10-7-19-41-30-12-6-11-28(35)20-30)33(32(23-38)36-29)34(40)37(2)18-17-25-8-4-3-5-9-25/h3-6,8-9,11-16,20,29,32,36H,7,10,17-19,21-23H2,1-2H3/t29?,32-/m1/s1. The van der Waals surface area contributed by atoms with Gasteiger partial charge in [-0.2, -0.15) is 0 Å². The maximum atomic E-state index is 14.0. The topological polar surface area (TPSA) is 61.9 Å². The molecule has 1 unspecified atom stereocenters. The Morgan fingerprint density at radius 2 is 1.73 bits per heavy atom. The van der Waals surface area contributed by atoms with Crippen molar-refractivity contribution in [2.45, 2.75) is 44.7 Å². The Labute approximate surface area is 247 Å². The molecular formula is C34H38ClN3O3. The maximum Gasteiger partial charge on any atom is 0.251 e. The second-order valence-electron chi connectivity index (χ2n) is 11.0. The van der Waals surface area contributed by atoms with E-state index < -0.39 is 0 Å². The summed E-state index contributed by atoms with van der Waals surface area (Å²) in [5.74, 6) is 0.864. The number of benzene rings is 3. The first-order valence-corrected chi connectivity index (χ1v) is 14.8. The van der Waals surface area contributed by atoms with Crippen LogP contribution >= 0.6 is 11.6 Å². The van der Waals surface area contributed by atoms with Crippen LogP contribution in [0.2, 0.25) is 5.02 Å². The van der Waals surface area contributed by atoms with Crippen molar-refractivity contribution in [3.05, 3.63) is 106 Å². The Kier molecular flexibility index (Phi) is 9.42.